The lowest BCUT2D eigenvalue weighted by Crippen LogP contribution is -2.29. The zero-order chi connectivity index (χ0) is 15.6. The molecule has 6 nitrogen and oxygen atoms in total. The SMILES string of the molecule is O=c1[nH]c(C2CCCN2CCn2ccnc2)nc2ccccc12. The fourth-order valence-electron chi connectivity index (χ4n) is 3.33. The van der Waals surface area contributed by atoms with Gasteiger partial charge < -0.3 is 9.55 Å². The Hall–Kier alpha value is -2.47. The van der Waals surface area contributed by atoms with Crippen molar-refractivity contribution in [2.75, 3.05) is 13.1 Å². The van der Waals surface area contributed by atoms with E-state index in [0.29, 0.717) is 5.39 Å². The van der Waals surface area contributed by atoms with Crippen LogP contribution in [0.1, 0.15) is 24.7 Å². The molecule has 1 aliphatic heterocycles. The van der Waals surface area contributed by atoms with Crippen LogP contribution in [0.5, 0.6) is 0 Å². The van der Waals surface area contributed by atoms with E-state index < -0.39 is 0 Å². The standard InChI is InChI=1S/C17H19N5O/c23-17-13-4-1-2-5-14(13)19-16(20-17)15-6-3-8-22(15)11-10-21-9-7-18-12-21/h1-2,4-5,7,9,12,15H,3,6,8,10-11H2,(H,19,20,23). The molecule has 1 fully saturated rings. The maximum absolute atomic E-state index is 12.3. The molecule has 23 heavy (non-hydrogen) atoms. The Morgan fingerprint density at radius 2 is 2.17 bits per heavy atom. The Bertz CT molecular complexity index is 855. The van der Waals surface area contributed by atoms with Gasteiger partial charge in [0.15, 0.2) is 0 Å². The number of rotatable bonds is 4. The van der Waals surface area contributed by atoms with Crippen molar-refractivity contribution in [1.29, 1.82) is 0 Å². The normalized spacial score (nSPS) is 18.7. The van der Waals surface area contributed by atoms with E-state index in [1.165, 1.54) is 0 Å². The molecule has 1 N–H and O–H groups in total. The maximum atomic E-state index is 12.3. The lowest BCUT2D eigenvalue weighted by Gasteiger charge is -2.23. The van der Waals surface area contributed by atoms with Gasteiger partial charge in [-0.25, -0.2) is 9.97 Å². The molecule has 1 unspecified atom stereocenters. The first-order valence-electron chi connectivity index (χ1n) is 8.00. The Kier molecular flexibility index (Phi) is 3.67. The predicted octanol–water partition coefficient (Wildman–Crippen LogP) is 1.96. The molecule has 1 aromatic carbocycles. The number of aromatic amines is 1. The van der Waals surface area contributed by atoms with Crippen molar-refractivity contribution >= 4 is 10.9 Å². The van der Waals surface area contributed by atoms with Gasteiger partial charge >= 0.3 is 0 Å². The highest BCUT2D eigenvalue weighted by molar-refractivity contribution is 5.77. The van der Waals surface area contributed by atoms with Gasteiger partial charge in [-0.3, -0.25) is 9.69 Å². The Morgan fingerprint density at radius 1 is 1.26 bits per heavy atom. The number of likely N-dealkylation sites (tertiary alicyclic amines) is 1. The van der Waals surface area contributed by atoms with Crippen molar-refractivity contribution in [3.8, 4) is 0 Å². The summed E-state index contributed by atoms with van der Waals surface area (Å²) < 4.78 is 2.08. The number of H-pyrrole nitrogens is 1. The summed E-state index contributed by atoms with van der Waals surface area (Å²) in [4.78, 5) is 26.4. The van der Waals surface area contributed by atoms with Gasteiger partial charge in [0.05, 0.1) is 23.3 Å². The molecular formula is C17H19N5O. The van der Waals surface area contributed by atoms with E-state index in [4.69, 9.17) is 4.98 Å². The second-order valence-electron chi connectivity index (χ2n) is 5.96. The van der Waals surface area contributed by atoms with Crippen molar-refractivity contribution in [2.24, 2.45) is 0 Å². The maximum Gasteiger partial charge on any atom is 0.258 e. The van der Waals surface area contributed by atoms with Gasteiger partial charge in [0.2, 0.25) is 0 Å². The average molecular weight is 309 g/mol. The van der Waals surface area contributed by atoms with Gasteiger partial charge in [-0.05, 0) is 31.5 Å². The Balaban J connectivity index is 1.59. The van der Waals surface area contributed by atoms with Crippen LogP contribution >= 0.6 is 0 Å². The molecule has 3 heterocycles. The third kappa shape index (κ3) is 2.77. The van der Waals surface area contributed by atoms with Crippen LogP contribution in [-0.4, -0.2) is 37.5 Å². The minimum absolute atomic E-state index is 0.0490. The summed E-state index contributed by atoms with van der Waals surface area (Å²) >= 11 is 0. The number of fused-ring (bicyclic) bond motifs is 1. The fourth-order valence-corrected chi connectivity index (χ4v) is 3.33. The van der Waals surface area contributed by atoms with Crippen molar-refractivity contribution < 1.29 is 0 Å². The molecule has 1 atom stereocenters. The minimum atomic E-state index is -0.0490. The zero-order valence-electron chi connectivity index (χ0n) is 12.9. The van der Waals surface area contributed by atoms with Crippen molar-refractivity contribution in [3.63, 3.8) is 0 Å². The van der Waals surface area contributed by atoms with E-state index in [9.17, 15) is 4.79 Å². The summed E-state index contributed by atoms with van der Waals surface area (Å²) in [5.41, 5.74) is 0.722. The number of hydrogen-bond donors (Lipinski definition) is 1. The van der Waals surface area contributed by atoms with Crippen molar-refractivity contribution in [2.45, 2.75) is 25.4 Å². The molecule has 0 bridgehead atoms. The van der Waals surface area contributed by atoms with Crippen LogP contribution in [0.3, 0.4) is 0 Å². The van der Waals surface area contributed by atoms with Gasteiger partial charge in [0.25, 0.3) is 5.56 Å². The van der Waals surface area contributed by atoms with E-state index in [-0.39, 0.29) is 11.6 Å². The highest BCUT2D eigenvalue weighted by atomic mass is 16.1. The largest absolute Gasteiger partial charge is 0.336 e. The monoisotopic (exact) mass is 309 g/mol. The number of nitrogens with one attached hydrogen (secondary N) is 1. The molecule has 0 aliphatic carbocycles. The second-order valence-corrected chi connectivity index (χ2v) is 5.96. The summed E-state index contributed by atoms with van der Waals surface area (Å²) in [5, 5.41) is 0.652. The van der Waals surface area contributed by atoms with Crippen LogP contribution in [0.15, 0.2) is 47.8 Å². The summed E-state index contributed by atoms with van der Waals surface area (Å²) in [5.74, 6) is 0.789. The second kappa shape index (κ2) is 5.96. The molecule has 0 spiro atoms. The van der Waals surface area contributed by atoms with Gasteiger partial charge in [0, 0.05) is 25.5 Å². The van der Waals surface area contributed by atoms with Crippen molar-refractivity contribution in [3.05, 3.63) is 59.2 Å². The summed E-state index contributed by atoms with van der Waals surface area (Å²) in [6, 6.07) is 7.70. The molecular weight excluding hydrogens is 290 g/mol. The molecule has 6 heteroatoms. The van der Waals surface area contributed by atoms with E-state index in [0.717, 1.165) is 43.8 Å². The smallest absolute Gasteiger partial charge is 0.258 e. The number of imidazole rings is 1. The fraction of sp³-hybridized carbons (Fsp3) is 0.353. The molecule has 0 amide bonds. The average Bonchev–Trinajstić information content (AvgIpc) is 3.24. The zero-order valence-corrected chi connectivity index (χ0v) is 12.9. The first-order chi connectivity index (χ1) is 11.3. The van der Waals surface area contributed by atoms with E-state index in [1.54, 1.807) is 6.20 Å². The van der Waals surface area contributed by atoms with E-state index >= 15 is 0 Å². The first-order valence-corrected chi connectivity index (χ1v) is 8.00. The molecule has 2 aromatic heterocycles. The number of aromatic nitrogens is 4. The molecule has 1 saturated heterocycles. The lowest BCUT2D eigenvalue weighted by atomic mass is 10.2. The molecule has 0 radical (unpaired) electrons. The number of para-hydroxylation sites is 1. The van der Waals surface area contributed by atoms with Crippen molar-refractivity contribution in [1.82, 2.24) is 24.4 Å². The summed E-state index contributed by atoms with van der Waals surface area (Å²) in [6.07, 6.45) is 7.77. The van der Waals surface area contributed by atoms with Crippen LogP contribution in [0, 0.1) is 0 Å². The van der Waals surface area contributed by atoms with Gasteiger partial charge in [-0.2, -0.15) is 0 Å². The third-order valence-corrected chi connectivity index (χ3v) is 4.52. The van der Waals surface area contributed by atoms with Crippen LogP contribution in [0.4, 0.5) is 0 Å². The lowest BCUT2D eigenvalue weighted by molar-refractivity contribution is 0.239. The van der Waals surface area contributed by atoms with E-state index in [1.807, 2.05) is 36.8 Å². The Labute approximate surface area is 133 Å². The van der Waals surface area contributed by atoms with Crippen LogP contribution < -0.4 is 5.56 Å². The third-order valence-electron chi connectivity index (χ3n) is 4.52. The minimum Gasteiger partial charge on any atom is -0.336 e. The van der Waals surface area contributed by atoms with E-state index in [2.05, 4.69) is 19.4 Å². The van der Waals surface area contributed by atoms with Crippen LogP contribution in [-0.2, 0) is 6.54 Å². The topological polar surface area (TPSA) is 66.8 Å². The van der Waals surface area contributed by atoms with Gasteiger partial charge in [-0.15, -0.1) is 0 Å². The van der Waals surface area contributed by atoms with Gasteiger partial charge in [-0.1, -0.05) is 12.1 Å². The molecule has 0 saturated carbocycles. The highest BCUT2D eigenvalue weighted by Gasteiger charge is 2.27. The highest BCUT2D eigenvalue weighted by Crippen LogP contribution is 2.29. The molecule has 118 valence electrons. The number of nitrogens with zero attached hydrogens (tertiary/aromatic N) is 4. The van der Waals surface area contributed by atoms with Gasteiger partial charge in [0.1, 0.15) is 5.82 Å². The van der Waals surface area contributed by atoms with Crippen LogP contribution in [0.2, 0.25) is 0 Å². The number of benzene rings is 1. The molecule has 1 aliphatic rings. The Morgan fingerprint density at radius 3 is 3.04 bits per heavy atom. The predicted molar refractivity (Wildman–Crippen MR) is 88.1 cm³/mol. The number of hydrogen-bond acceptors (Lipinski definition) is 4. The summed E-state index contributed by atoms with van der Waals surface area (Å²) in [7, 11) is 0. The summed E-state index contributed by atoms with van der Waals surface area (Å²) in [6.45, 7) is 2.86. The quantitative estimate of drug-likeness (QED) is 0.800. The molecule has 4 rings (SSSR count). The molecule has 3 aromatic rings. The van der Waals surface area contributed by atoms with Crippen LogP contribution in [0.25, 0.3) is 10.9 Å². The first kappa shape index (κ1) is 14.1.